The zero-order valence-corrected chi connectivity index (χ0v) is 13.5. The first kappa shape index (κ1) is 15.7. The van der Waals surface area contributed by atoms with Gasteiger partial charge in [0.1, 0.15) is 0 Å². The van der Waals surface area contributed by atoms with E-state index in [1.54, 1.807) is 31.2 Å². The lowest BCUT2D eigenvalue weighted by atomic mass is 10.1. The van der Waals surface area contributed by atoms with E-state index in [0.717, 1.165) is 16.9 Å². The number of Topliss-reactive ketones (excluding diaryl/α,β-unsaturated/α-hetero) is 1. The molecular formula is C20H17NO3. The van der Waals surface area contributed by atoms with E-state index in [4.69, 9.17) is 0 Å². The van der Waals surface area contributed by atoms with Gasteiger partial charge in [-0.3, -0.25) is 4.79 Å². The largest absolute Gasteiger partial charge is 0.478 e. The number of ketones is 1. The van der Waals surface area contributed by atoms with Crippen molar-refractivity contribution in [3.05, 3.63) is 77.5 Å². The van der Waals surface area contributed by atoms with Crippen LogP contribution in [-0.2, 0) is 0 Å². The molecule has 1 N–H and O–H groups in total. The highest BCUT2D eigenvalue weighted by Gasteiger charge is 2.19. The Bertz CT molecular complexity index is 923. The Hall–Kier alpha value is -3.14. The van der Waals surface area contributed by atoms with Crippen LogP contribution in [0.2, 0.25) is 0 Å². The molecule has 0 radical (unpaired) electrons. The first-order chi connectivity index (χ1) is 11.5. The quantitative estimate of drug-likeness (QED) is 0.727. The van der Waals surface area contributed by atoms with Crippen molar-refractivity contribution in [2.75, 3.05) is 0 Å². The molecule has 3 rings (SSSR count). The first-order valence-electron chi connectivity index (χ1n) is 7.61. The van der Waals surface area contributed by atoms with Gasteiger partial charge in [0.15, 0.2) is 5.78 Å². The van der Waals surface area contributed by atoms with Gasteiger partial charge in [0, 0.05) is 16.9 Å². The van der Waals surface area contributed by atoms with Crippen LogP contribution in [0.25, 0.3) is 16.9 Å². The van der Waals surface area contributed by atoms with Gasteiger partial charge in [0.05, 0.1) is 11.3 Å². The van der Waals surface area contributed by atoms with Crippen LogP contribution in [0.3, 0.4) is 0 Å². The molecule has 3 aromatic rings. The molecule has 120 valence electrons. The van der Waals surface area contributed by atoms with Crippen molar-refractivity contribution in [1.29, 1.82) is 0 Å². The Kier molecular flexibility index (Phi) is 4.04. The lowest BCUT2D eigenvalue weighted by molar-refractivity contribution is 0.0696. The molecule has 4 nitrogen and oxygen atoms in total. The second kappa shape index (κ2) is 6.16. The van der Waals surface area contributed by atoms with E-state index >= 15 is 0 Å². The van der Waals surface area contributed by atoms with Crippen molar-refractivity contribution < 1.29 is 14.7 Å². The number of carbonyl (C=O) groups excluding carboxylic acids is 1. The summed E-state index contributed by atoms with van der Waals surface area (Å²) in [5.74, 6) is -0.993. The fourth-order valence-electron chi connectivity index (χ4n) is 2.84. The lowest BCUT2D eigenvalue weighted by Gasteiger charge is -2.13. The molecule has 0 spiro atoms. The van der Waals surface area contributed by atoms with E-state index in [1.807, 2.05) is 41.0 Å². The molecule has 0 saturated carbocycles. The number of nitrogens with zero attached hydrogens (tertiary/aromatic N) is 1. The SMILES string of the molecule is CC(=O)c1cccc(-n2c(-c3ccccc3)cc(C(=O)O)c2C)c1. The standard InChI is InChI=1S/C20H17NO3/c1-13-18(20(23)24)12-19(15-7-4-3-5-8-15)21(13)17-10-6-9-16(11-17)14(2)22/h3-12H,1-2H3,(H,23,24). The third-order valence-corrected chi connectivity index (χ3v) is 4.06. The average Bonchev–Trinajstić information content (AvgIpc) is 2.93. The molecule has 0 aliphatic carbocycles. The lowest BCUT2D eigenvalue weighted by Crippen LogP contribution is -2.04. The Morgan fingerprint density at radius 3 is 2.29 bits per heavy atom. The van der Waals surface area contributed by atoms with Crippen molar-refractivity contribution >= 4 is 11.8 Å². The van der Waals surface area contributed by atoms with E-state index in [0.29, 0.717) is 11.3 Å². The van der Waals surface area contributed by atoms with E-state index < -0.39 is 5.97 Å². The normalized spacial score (nSPS) is 10.6. The molecule has 0 aliphatic rings. The number of rotatable bonds is 4. The highest BCUT2D eigenvalue weighted by Crippen LogP contribution is 2.29. The van der Waals surface area contributed by atoms with Crippen LogP contribution in [0.1, 0.15) is 33.3 Å². The van der Waals surface area contributed by atoms with Crippen LogP contribution in [0, 0.1) is 6.92 Å². The van der Waals surface area contributed by atoms with Gasteiger partial charge < -0.3 is 9.67 Å². The molecule has 0 amide bonds. The number of carbonyl (C=O) groups is 2. The predicted molar refractivity (Wildman–Crippen MR) is 92.9 cm³/mol. The third-order valence-electron chi connectivity index (χ3n) is 4.06. The van der Waals surface area contributed by atoms with Gasteiger partial charge in [-0.2, -0.15) is 0 Å². The summed E-state index contributed by atoms with van der Waals surface area (Å²) in [6.45, 7) is 3.29. The summed E-state index contributed by atoms with van der Waals surface area (Å²) in [6, 6.07) is 18.5. The molecule has 0 saturated heterocycles. The molecule has 1 aromatic heterocycles. The Balaban J connectivity index is 2.28. The molecule has 0 bridgehead atoms. The van der Waals surface area contributed by atoms with Crippen LogP contribution in [0.4, 0.5) is 0 Å². The number of aromatic carboxylic acids is 1. The summed E-state index contributed by atoms with van der Waals surface area (Å²) < 4.78 is 1.88. The molecular weight excluding hydrogens is 302 g/mol. The fraction of sp³-hybridized carbons (Fsp3) is 0.100. The molecule has 4 heteroatoms. The number of carboxylic acid groups (broad SMARTS) is 1. The molecule has 0 aliphatic heterocycles. The smallest absolute Gasteiger partial charge is 0.337 e. The zero-order valence-electron chi connectivity index (χ0n) is 13.5. The maximum Gasteiger partial charge on any atom is 0.337 e. The number of carboxylic acids is 1. The molecule has 0 unspecified atom stereocenters. The summed E-state index contributed by atoms with van der Waals surface area (Å²) in [6.07, 6.45) is 0. The Morgan fingerprint density at radius 2 is 1.67 bits per heavy atom. The number of aromatic nitrogens is 1. The minimum Gasteiger partial charge on any atom is -0.478 e. The highest BCUT2D eigenvalue weighted by molar-refractivity contribution is 5.95. The van der Waals surface area contributed by atoms with Gasteiger partial charge >= 0.3 is 5.97 Å². The fourth-order valence-corrected chi connectivity index (χ4v) is 2.84. The van der Waals surface area contributed by atoms with Gasteiger partial charge in [-0.25, -0.2) is 4.79 Å². The molecule has 1 heterocycles. The van der Waals surface area contributed by atoms with Crippen molar-refractivity contribution in [2.24, 2.45) is 0 Å². The summed E-state index contributed by atoms with van der Waals surface area (Å²) in [5, 5.41) is 9.47. The summed E-state index contributed by atoms with van der Waals surface area (Å²) in [7, 11) is 0. The Morgan fingerprint density at radius 1 is 0.958 bits per heavy atom. The average molecular weight is 319 g/mol. The van der Waals surface area contributed by atoms with Gasteiger partial charge in [-0.1, -0.05) is 42.5 Å². The van der Waals surface area contributed by atoms with Crippen LogP contribution < -0.4 is 0 Å². The summed E-state index contributed by atoms with van der Waals surface area (Å²) >= 11 is 0. The van der Waals surface area contributed by atoms with Crippen molar-refractivity contribution in [2.45, 2.75) is 13.8 Å². The van der Waals surface area contributed by atoms with Crippen LogP contribution in [0.5, 0.6) is 0 Å². The second-order valence-corrected chi connectivity index (χ2v) is 5.64. The van der Waals surface area contributed by atoms with Gasteiger partial charge in [-0.15, -0.1) is 0 Å². The summed E-state index contributed by atoms with van der Waals surface area (Å²) in [5.41, 5.74) is 3.94. The van der Waals surface area contributed by atoms with E-state index in [2.05, 4.69) is 0 Å². The predicted octanol–water partition coefficient (Wildman–Crippen LogP) is 4.35. The minimum atomic E-state index is -0.967. The third kappa shape index (κ3) is 2.74. The first-order valence-corrected chi connectivity index (χ1v) is 7.61. The van der Waals surface area contributed by atoms with Crippen LogP contribution in [-0.4, -0.2) is 21.4 Å². The zero-order chi connectivity index (χ0) is 17.3. The van der Waals surface area contributed by atoms with Gasteiger partial charge in [0.2, 0.25) is 0 Å². The van der Waals surface area contributed by atoms with Gasteiger partial charge in [-0.05, 0) is 37.6 Å². The maximum atomic E-state index is 11.7. The number of hydrogen-bond acceptors (Lipinski definition) is 2. The highest BCUT2D eigenvalue weighted by atomic mass is 16.4. The maximum absolute atomic E-state index is 11.7. The van der Waals surface area contributed by atoms with E-state index in [9.17, 15) is 14.7 Å². The molecule has 24 heavy (non-hydrogen) atoms. The van der Waals surface area contributed by atoms with Crippen molar-refractivity contribution in [3.8, 4) is 16.9 Å². The van der Waals surface area contributed by atoms with E-state index in [1.165, 1.54) is 6.92 Å². The molecule has 0 fully saturated rings. The topological polar surface area (TPSA) is 59.3 Å². The van der Waals surface area contributed by atoms with Crippen molar-refractivity contribution in [3.63, 3.8) is 0 Å². The van der Waals surface area contributed by atoms with Gasteiger partial charge in [0.25, 0.3) is 0 Å². The molecule has 0 atom stereocenters. The second-order valence-electron chi connectivity index (χ2n) is 5.64. The summed E-state index contributed by atoms with van der Waals surface area (Å²) in [4.78, 5) is 23.2. The Labute approximate surface area is 140 Å². The van der Waals surface area contributed by atoms with E-state index in [-0.39, 0.29) is 11.3 Å². The number of benzene rings is 2. The minimum absolute atomic E-state index is 0.0265. The number of hydrogen-bond donors (Lipinski definition) is 1. The van der Waals surface area contributed by atoms with Crippen LogP contribution >= 0.6 is 0 Å². The van der Waals surface area contributed by atoms with Crippen LogP contribution in [0.15, 0.2) is 60.7 Å². The van der Waals surface area contributed by atoms with Crippen molar-refractivity contribution in [1.82, 2.24) is 4.57 Å². The molecule has 2 aromatic carbocycles. The monoisotopic (exact) mass is 319 g/mol.